The summed E-state index contributed by atoms with van der Waals surface area (Å²) in [5, 5.41) is 0. The second-order valence-corrected chi connectivity index (χ2v) is 8.02. The van der Waals surface area contributed by atoms with E-state index in [1.807, 2.05) is 0 Å². The molecule has 0 saturated carbocycles. The van der Waals surface area contributed by atoms with E-state index < -0.39 is 23.2 Å². The normalized spacial score (nSPS) is 12.5. The first-order chi connectivity index (χ1) is 8.00. The van der Waals surface area contributed by atoms with Crippen molar-refractivity contribution in [3.05, 3.63) is 49.5 Å². The number of halogens is 2. The third-order valence-electron chi connectivity index (χ3n) is 3.43. The van der Waals surface area contributed by atoms with Crippen LogP contribution in [-0.4, -0.2) is 4.98 Å². The molecule has 0 radical (unpaired) electrons. The Hall–Kier alpha value is -0.0369. The molecule has 0 atom stereocenters. The van der Waals surface area contributed by atoms with Gasteiger partial charge in [-0.15, -0.1) is 0 Å². The molecule has 19 heavy (non-hydrogen) atoms. The topological polar surface area (TPSA) is 15.8 Å². The van der Waals surface area contributed by atoms with Crippen LogP contribution in [0.15, 0.2) is 32.7 Å². The predicted octanol–water partition coefficient (Wildman–Crippen LogP) is -2.55. The first-order valence-corrected chi connectivity index (χ1v) is 8.45. The fourth-order valence-corrected chi connectivity index (χ4v) is 5.86. The van der Waals surface area contributed by atoms with Crippen molar-refractivity contribution in [1.29, 1.82) is 0 Å². The summed E-state index contributed by atoms with van der Waals surface area (Å²) >= 11 is -0.678. The molecule has 1 aromatic heterocycles. The summed E-state index contributed by atoms with van der Waals surface area (Å²) in [5.74, 6) is 0. The van der Waals surface area contributed by atoms with Gasteiger partial charge in [0.1, 0.15) is 0 Å². The van der Waals surface area contributed by atoms with E-state index in [4.69, 9.17) is 0 Å². The van der Waals surface area contributed by atoms with Crippen LogP contribution in [0.5, 0.6) is 0 Å². The Bertz CT molecular complexity index is 547. The van der Waals surface area contributed by atoms with E-state index >= 15 is 0 Å². The van der Waals surface area contributed by atoms with Crippen molar-refractivity contribution in [3.8, 4) is 0 Å². The molecule has 0 aromatic carbocycles. The van der Waals surface area contributed by atoms with Gasteiger partial charge in [0, 0.05) is 0 Å². The number of nitrogens with one attached hydrogen (secondary N) is 1. The van der Waals surface area contributed by atoms with Gasteiger partial charge in [0.2, 0.25) is 0 Å². The van der Waals surface area contributed by atoms with Crippen molar-refractivity contribution in [2.45, 2.75) is 34.6 Å². The molecule has 1 aliphatic carbocycles. The summed E-state index contributed by atoms with van der Waals surface area (Å²) in [4.78, 5) is 3.58. The van der Waals surface area contributed by atoms with Gasteiger partial charge < -0.3 is 24.8 Å². The van der Waals surface area contributed by atoms with Crippen LogP contribution in [0.2, 0.25) is 0 Å². The zero-order chi connectivity index (χ0) is 12.6. The number of aromatic amines is 1. The first-order valence-electron chi connectivity index (χ1n) is 5.99. The van der Waals surface area contributed by atoms with Crippen LogP contribution in [0.4, 0.5) is 0 Å². The van der Waals surface area contributed by atoms with E-state index in [1.165, 1.54) is 31.4 Å². The molecule has 1 heterocycles. The zero-order valence-corrected chi connectivity index (χ0v) is 16.0. The minimum absolute atomic E-state index is 0. The largest absolute Gasteiger partial charge is 1.00 e. The van der Waals surface area contributed by atoms with Gasteiger partial charge in [-0.2, -0.15) is 0 Å². The Balaban J connectivity index is 0.00000162. The molecule has 1 aliphatic rings. The Morgan fingerprint density at radius 3 is 2.16 bits per heavy atom. The van der Waals surface area contributed by atoms with Gasteiger partial charge in [-0.25, -0.2) is 0 Å². The Labute approximate surface area is 140 Å². The third kappa shape index (κ3) is 3.97. The number of hydrogen-bond acceptors (Lipinski definition) is 0. The molecule has 0 fully saturated rings. The molecule has 0 saturated heterocycles. The molecule has 0 amide bonds. The summed E-state index contributed by atoms with van der Waals surface area (Å²) < 4.78 is 3.12. The number of H-pyrrole nitrogens is 1. The second-order valence-electron chi connectivity index (χ2n) is 4.85. The molecule has 0 unspecified atom stereocenters. The average Bonchev–Trinajstić information content (AvgIpc) is 2.81. The summed E-state index contributed by atoms with van der Waals surface area (Å²) in [5.41, 5.74) is 7.16. The van der Waals surface area contributed by atoms with Gasteiger partial charge in [-0.05, 0) is 0 Å². The van der Waals surface area contributed by atoms with Crippen LogP contribution < -0.4 is 28.2 Å². The fourth-order valence-electron chi connectivity index (χ4n) is 2.07. The van der Waals surface area contributed by atoms with E-state index in [0.29, 0.717) is 0 Å². The van der Waals surface area contributed by atoms with Gasteiger partial charge >= 0.3 is 116 Å². The smallest absolute Gasteiger partial charge is 1.00 e. The van der Waals surface area contributed by atoms with E-state index in [0.717, 1.165) is 0 Å². The molecular weight excluding hydrogens is 356 g/mol. The van der Waals surface area contributed by atoms with Crippen LogP contribution in [0, 0.1) is 20.8 Å². The van der Waals surface area contributed by atoms with Gasteiger partial charge in [0.05, 0.1) is 0 Å². The summed E-state index contributed by atoms with van der Waals surface area (Å²) in [6, 6.07) is 0. The maximum atomic E-state index is 3.58. The number of rotatable bonds is 2. The second kappa shape index (κ2) is 7.67. The van der Waals surface area contributed by atoms with Crippen LogP contribution in [-0.2, 0) is 23.2 Å². The van der Waals surface area contributed by atoms with E-state index in [9.17, 15) is 0 Å². The SMILES string of the molecule is CC(C)=C1C=CC=[C]1[Zr+2][c]1[nH]c(C)c(C)c1C.[Cl-].[Cl-]. The first kappa shape index (κ1) is 19.0. The van der Waals surface area contributed by atoms with Crippen LogP contribution >= 0.6 is 0 Å². The number of aromatic nitrogens is 1. The minimum atomic E-state index is -0.678. The minimum Gasteiger partial charge on any atom is -1.00 e. The van der Waals surface area contributed by atoms with Crippen molar-refractivity contribution in [2.24, 2.45) is 0 Å². The van der Waals surface area contributed by atoms with Crippen molar-refractivity contribution in [3.63, 3.8) is 0 Å². The molecular formula is C15H19Cl2NZr. The van der Waals surface area contributed by atoms with E-state index in [-0.39, 0.29) is 24.8 Å². The molecule has 4 heteroatoms. The number of hydrogen-bond donors (Lipinski definition) is 1. The molecule has 0 aliphatic heterocycles. The Morgan fingerprint density at radius 2 is 1.68 bits per heavy atom. The monoisotopic (exact) mass is 373 g/mol. The molecule has 0 bridgehead atoms. The maximum absolute atomic E-state index is 3.58. The van der Waals surface area contributed by atoms with Crippen molar-refractivity contribution in [2.75, 3.05) is 0 Å². The van der Waals surface area contributed by atoms with Gasteiger partial charge in [-0.3, -0.25) is 0 Å². The average molecular weight is 375 g/mol. The number of aryl methyl sites for hydroxylation is 1. The van der Waals surface area contributed by atoms with Gasteiger partial charge in [0.15, 0.2) is 0 Å². The van der Waals surface area contributed by atoms with Crippen LogP contribution in [0.25, 0.3) is 0 Å². The molecule has 1 nitrogen and oxygen atoms in total. The molecule has 2 rings (SSSR count). The van der Waals surface area contributed by atoms with Gasteiger partial charge in [0.25, 0.3) is 0 Å². The van der Waals surface area contributed by atoms with E-state index in [1.54, 1.807) is 3.28 Å². The maximum Gasteiger partial charge on any atom is -1.00 e. The van der Waals surface area contributed by atoms with Crippen molar-refractivity contribution >= 4 is 3.40 Å². The standard InChI is InChI=1S/C8H9.C7H10N.2ClH.Zr/c1-7(2)8-5-3-4-6-8;1-5-4-8-7(3)6(5)2;;;/h3-5H,1-2H3;8H,1-3H3;2*1H;/q;;;;+2/p-2. The summed E-state index contributed by atoms with van der Waals surface area (Å²) in [6.45, 7) is 11.0. The van der Waals surface area contributed by atoms with Crippen LogP contribution in [0.1, 0.15) is 30.7 Å². The van der Waals surface area contributed by atoms with Crippen molar-refractivity contribution < 1.29 is 48.0 Å². The quantitative estimate of drug-likeness (QED) is 0.586. The molecule has 1 aromatic rings. The van der Waals surface area contributed by atoms with E-state index in [2.05, 4.69) is 57.8 Å². The van der Waals surface area contributed by atoms with Gasteiger partial charge in [-0.1, -0.05) is 0 Å². The summed E-state index contributed by atoms with van der Waals surface area (Å²) in [7, 11) is 0. The van der Waals surface area contributed by atoms with Crippen molar-refractivity contribution in [1.82, 2.24) is 4.98 Å². The van der Waals surface area contributed by atoms with Crippen LogP contribution in [0.3, 0.4) is 0 Å². The Kier molecular flexibility index (Phi) is 7.65. The fraction of sp³-hybridized carbons (Fsp3) is 0.333. The molecule has 102 valence electrons. The predicted molar refractivity (Wildman–Crippen MR) is 70.2 cm³/mol. The molecule has 1 N–H and O–H groups in total. The number of allylic oxidation sites excluding steroid dienone is 6. The Morgan fingerprint density at radius 1 is 1.05 bits per heavy atom. The zero-order valence-electron chi connectivity index (χ0n) is 12.0. The third-order valence-corrected chi connectivity index (χ3v) is 7.00. The molecule has 0 spiro atoms. The summed E-state index contributed by atoms with van der Waals surface area (Å²) in [6.07, 6.45) is 6.75.